The van der Waals surface area contributed by atoms with Crippen molar-refractivity contribution in [3.8, 4) is 5.75 Å². The lowest BCUT2D eigenvalue weighted by Crippen LogP contribution is -2.51. The second kappa shape index (κ2) is 9.35. The Morgan fingerprint density at radius 3 is 2.41 bits per heavy atom. The van der Waals surface area contributed by atoms with Crippen molar-refractivity contribution in [3.63, 3.8) is 0 Å². The van der Waals surface area contributed by atoms with Crippen molar-refractivity contribution in [2.75, 3.05) is 20.3 Å². The fourth-order valence-electron chi connectivity index (χ4n) is 1.38. The SMILES string of the molecule is COCCNC(=O)C(=O)NNC(=O)C(C)Oc1ccccc1. The van der Waals surface area contributed by atoms with Gasteiger partial charge in [-0.15, -0.1) is 0 Å². The first-order chi connectivity index (χ1) is 10.5. The summed E-state index contributed by atoms with van der Waals surface area (Å²) >= 11 is 0. The number of amides is 3. The smallest absolute Gasteiger partial charge is 0.327 e. The molecule has 1 rings (SSSR count). The number of rotatable bonds is 6. The van der Waals surface area contributed by atoms with E-state index in [2.05, 4.69) is 10.7 Å². The van der Waals surface area contributed by atoms with E-state index in [1.165, 1.54) is 14.0 Å². The van der Waals surface area contributed by atoms with Gasteiger partial charge in [0.2, 0.25) is 0 Å². The number of benzene rings is 1. The average molecular weight is 309 g/mol. The summed E-state index contributed by atoms with van der Waals surface area (Å²) in [7, 11) is 1.47. The van der Waals surface area contributed by atoms with Crippen LogP contribution in [0.5, 0.6) is 5.75 Å². The van der Waals surface area contributed by atoms with Crippen molar-refractivity contribution in [3.05, 3.63) is 30.3 Å². The molecule has 3 N–H and O–H groups in total. The summed E-state index contributed by atoms with van der Waals surface area (Å²) in [6, 6.07) is 8.76. The molecule has 22 heavy (non-hydrogen) atoms. The summed E-state index contributed by atoms with van der Waals surface area (Å²) in [4.78, 5) is 34.5. The van der Waals surface area contributed by atoms with E-state index >= 15 is 0 Å². The van der Waals surface area contributed by atoms with Crippen LogP contribution in [0, 0.1) is 0 Å². The van der Waals surface area contributed by atoms with Crippen molar-refractivity contribution in [1.82, 2.24) is 16.2 Å². The van der Waals surface area contributed by atoms with Crippen molar-refractivity contribution in [1.29, 1.82) is 0 Å². The minimum Gasteiger partial charge on any atom is -0.481 e. The predicted octanol–water partition coefficient (Wildman–Crippen LogP) is -0.636. The van der Waals surface area contributed by atoms with E-state index in [1.807, 2.05) is 11.5 Å². The Labute approximate surface area is 128 Å². The van der Waals surface area contributed by atoms with Crippen molar-refractivity contribution >= 4 is 17.7 Å². The van der Waals surface area contributed by atoms with Crippen LogP contribution in [0.25, 0.3) is 0 Å². The number of carbonyl (C=O) groups excluding carboxylic acids is 3. The van der Waals surface area contributed by atoms with Gasteiger partial charge in [-0.1, -0.05) is 18.2 Å². The third-order valence-corrected chi connectivity index (χ3v) is 2.52. The number of hydrazine groups is 1. The first-order valence-electron chi connectivity index (χ1n) is 6.63. The number of carbonyl (C=O) groups is 3. The molecule has 0 fully saturated rings. The van der Waals surface area contributed by atoms with Gasteiger partial charge in [0.1, 0.15) is 5.75 Å². The minimum atomic E-state index is -0.976. The topological polar surface area (TPSA) is 106 Å². The quantitative estimate of drug-likeness (QED) is 0.368. The fourth-order valence-corrected chi connectivity index (χ4v) is 1.38. The Kier molecular flexibility index (Phi) is 7.41. The van der Waals surface area contributed by atoms with Crippen LogP contribution in [0.2, 0.25) is 0 Å². The highest BCUT2D eigenvalue weighted by atomic mass is 16.5. The van der Waals surface area contributed by atoms with Crippen LogP contribution in [-0.2, 0) is 19.1 Å². The zero-order chi connectivity index (χ0) is 16.4. The highest BCUT2D eigenvalue weighted by molar-refractivity contribution is 6.35. The van der Waals surface area contributed by atoms with Gasteiger partial charge in [-0.05, 0) is 19.1 Å². The molecule has 120 valence electrons. The molecule has 0 aromatic heterocycles. The van der Waals surface area contributed by atoms with Gasteiger partial charge in [0.15, 0.2) is 6.10 Å². The Balaban J connectivity index is 2.32. The molecule has 0 bridgehead atoms. The van der Waals surface area contributed by atoms with Gasteiger partial charge >= 0.3 is 11.8 Å². The third-order valence-electron chi connectivity index (χ3n) is 2.52. The Morgan fingerprint density at radius 2 is 1.77 bits per heavy atom. The molecule has 1 aromatic rings. The summed E-state index contributed by atoms with van der Waals surface area (Å²) in [6.45, 7) is 2.00. The maximum Gasteiger partial charge on any atom is 0.327 e. The highest BCUT2D eigenvalue weighted by Crippen LogP contribution is 2.10. The maximum atomic E-state index is 11.7. The monoisotopic (exact) mass is 309 g/mol. The van der Waals surface area contributed by atoms with Crippen molar-refractivity contribution in [2.45, 2.75) is 13.0 Å². The number of ether oxygens (including phenoxy) is 2. The van der Waals surface area contributed by atoms with Gasteiger partial charge in [-0.3, -0.25) is 25.2 Å². The molecule has 0 heterocycles. The Bertz CT molecular complexity index is 506. The largest absolute Gasteiger partial charge is 0.481 e. The van der Waals surface area contributed by atoms with E-state index in [0.717, 1.165) is 0 Å². The first-order valence-corrected chi connectivity index (χ1v) is 6.63. The normalized spacial score (nSPS) is 11.2. The minimum absolute atomic E-state index is 0.199. The Morgan fingerprint density at radius 1 is 1.09 bits per heavy atom. The summed E-state index contributed by atoms with van der Waals surface area (Å²) < 4.78 is 10.1. The van der Waals surface area contributed by atoms with Gasteiger partial charge in [0.25, 0.3) is 5.91 Å². The zero-order valence-electron chi connectivity index (χ0n) is 12.4. The molecule has 0 saturated heterocycles. The van der Waals surface area contributed by atoms with Crippen molar-refractivity contribution in [2.24, 2.45) is 0 Å². The number of hydrogen-bond donors (Lipinski definition) is 3. The predicted molar refractivity (Wildman–Crippen MR) is 77.7 cm³/mol. The molecule has 1 unspecified atom stereocenters. The van der Waals surface area contributed by atoms with Gasteiger partial charge in [0.05, 0.1) is 6.61 Å². The van der Waals surface area contributed by atoms with Gasteiger partial charge in [0, 0.05) is 13.7 Å². The van der Waals surface area contributed by atoms with Gasteiger partial charge < -0.3 is 14.8 Å². The fraction of sp³-hybridized carbons (Fsp3) is 0.357. The molecule has 1 atom stereocenters. The lowest BCUT2D eigenvalue weighted by Gasteiger charge is -2.14. The number of hydrogen-bond acceptors (Lipinski definition) is 5. The van der Waals surface area contributed by atoms with Crippen LogP contribution in [0.1, 0.15) is 6.92 Å². The van der Waals surface area contributed by atoms with Crippen LogP contribution in [-0.4, -0.2) is 44.1 Å². The number of nitrogens with one attached hydrogen (secondary N) is 3. The van der Waals surface area contributed by atoms with Crippen LogP contribution >= 0.6 is 0 Å². The average Bonchev–Trinajstić information content (AvgIpc) is 2.53. The maximum absolute atomic E-state index is 11.7. The molecule has 1 aromatic carbocycles. The summed E-state index contributed by atoms with van der Waals surface area (Å²) in [5.74, 6) is -1.90. The molecule has 8 nitrogen and oxygen atoms in total. The second-order valence-corrected chi connectivity index (χ2v) is 4.27. The third kappa shape index (κ3) is 6.23. The molecule has 0 saturated carbocycles. The van der Waals surface area contributed by atoms with E-state index in [0.29, 0.717) is 5.75 Å². The number of para-hydroxylation sites is 1. The van der Waals surface area contributed by atoms with E-state index in [1.54, 1.807) is 24.3 Å². The van der Waals surface area contributed by atoms with Crippen LogP contribution in [0.15, 0.2) is 30.3 Å². The van der Waals surface area contributed by atoms with Gasteiger partial charge in [-0.25, -0.2) is 0 Å². The molecule has 0 aliphatic carbocycles. The Hall–Kier alpha value is -2.61. The highest BCUT2D eigenvalue weighted by Gasteiger charge is 2.18. The first kappa shape index (κ1) is 17.4. The lowest BCUT2D eigenvalue weighted by atomic mass is 10.3. The molecule has 0 radical (unpaired) electrons. The molecule has 0 aliphatic rings. The molecular weight excluding hydrogens is 290 g/mol. The van der Waals surface area contributed by atoms with E-state index < -0.39 is 23.8 Å². The number of methoxy groups -OCH3 is 1. The zero-order valence-corrected chi connectivity index (χ0v) is 12.4. The van der Waals surface area contributed by atoms with E-state index in [9.17, 15) is 14.4 Å². The summed E-state index contributed by atoms with van der Waals surface area (Å²) in [5.41, 5.74) is 4.12. The molecule has 8 heteroatoms. The summed E-state index contributed by atoms with van der Waals surface area (Å²) in [5, 5.41) is 2.32. The van der Waals surface area contributed by atoms with Crippen LogP contribution < -0.4 is 20.9 Å². The molecule has 0 aliphatic heterocycles. The lowest BCUT2D eigenvalue weighted by molar-refractivity contribution is -0.141. The van der Waals surface area contributed by atoms with Crippen LogP contribution in [0.3, 0.4) is 0 Å². The summed E-state index contributed by atoms with van der Waals surface area (Å²) in [6.07, 6.45) is -0.834. The van der Waals surface area contributed by atoms with Gasteiger partial charge in [-0.2, -0.15) is 0 Å². The van der Waals surface area contributed by atoms with E-state index in [4.69, 9.17) is 9.47 Å². The molecule has 0 spiro atoms. The van der Waals surface area contributed by atoms with Crippen molar-refractivity contribution < 1.29 is 23.9 Å². The second-order valence-electron chi connectivity index (χ2n) is 4.27. The van der Waals surface area contributed by atoms with Crippen LogP contribution in [0.4, 0.5) is 0 Å². The van der Waals surface area contributed by atoms with E-state index in [-0.39, 0.29) is 13.2 Å². The molecular formula is C14H19N3O5. The molecule has 3 amide bonds. The standard InChI is InChI=1S/C14H19N3O5/c1-10(22-11-6-4-3-5-7-11)12(18)16-17-14(20)13(19)15-8-9-21-2/h3-7,10H,8-9H2,1-2H3,(H,15,19)(H,16,18)(H,17,20).